The Morgan fingerprint density at radius 3 is 2.53 bits per heavy atom. The molecule has 0 saturated carbocycles. The van der Waals surface area contributed by atoms with Crippen LogP contribution in [0.15, 0.2) is 95.5 Å². The molecule has 1 aliphatic rings. The lowest BCUT2D eigenvalue weighted by molar-refractivity contribution is 0.439. The fourth-order valence-electron chi connectivity index (χ4n) is 3.97. The highest BCUT2D eigenvalue weighted by Gasteiger charge is 2.42. The molecule has 0 bridgehead atoms. The number of nitrogens with one attached hydrogen (secondary N) is 1. The zero-order chi connectivity index (χ0) is 20.5. The molecule has 4 aromatic rings. The Morgan fingerprint density at radius 1 is 0.933 bits per heavy atom. The van der Waals surface area contributed by atoms with Gasteiger partial charge in [-0.3, -0.25) is 4.98 Å². The molecule has 1 fully saturated rings. The minimum Gasteiger partial charge on any atom is -0.459 e. The average Bonchev–Trinajstić information content (AvgIpc) is 3.39. The summed E-state index contributed by atoms with van der Waals surface area (Å²) in [6, 6.07) is 28.2. The average molecular weight is 412 g/mol. The summed E-state index contributed by atoms with van der Waals surface area (Å²) in [6.45, 7) is 2.09. The molecule has 2 atom stereocenters. The van der Waals surface area contributed by atoms with Crippen molar-refractivity contribution in [2.45, 2.75) is 19.0 Å². The molecule has 5 heteroatoms. The van der Waals surface area contributed by atoms with Crippen molar-refractivity contribution >= 4 is 23.0 Å². The quantitative estimate of drug-likeness (QED) is 0.428. The maximum atomic E-state index is 6.37. The van der Waals surface area contributed by atoms with E-state index in [1.54, 1.807) is 0 Å². The maximum absolute atomic E-state index is 6.37. The van der Waals surface area contributed by atoms with Gasteiger partial charge in [0.25, 0.3) is 0 Å². The van der Waals surface area contributed by atoms with E-state index in [9.17, 15) is 0 Å². The fourth-order valence-corrected chi connectivity index (χ4v) is 4.31. The van der Waals surface area contributed by atoms with Gasteiger partial charge in [0.1, 0.15) is 17.6 Å². The smallest absolute Gasteiger partial charge is 0.174 e. The van der Waals surface area contributed by atoms with E-state index < -0.39 is 0 Å². The van der Waals surface area contributed by atoms with Gasteiger partial charge in [0.05, 0.1) is 11.7 Å². The summed E-state index contributed by atoms with van der Waals surface area (Å²) in [5.41, 5.74) is 4.19. The van der Waals surface area contributed by atoms with Crippen molar-refractivity contribution in [2.24, 2.45) is 0 Å². The first-order valence-electron chi connectivity index (χ1n) is 9.93. The zero-order valence-electron chi connectivity index (χ0n) is 16.5. The molecular formula is C25H21N3OS. The van der Waals surface area contributed by atoms with E-state index >= 15 is 0 Å². The molecule has 148 valence electrons. The number of aryl methyl sites for hydroxylation is 1. The highest BCUT2D eigenvalue weighted by molar-refractivity contribution is 7.80. The van der Waals surface area contributed by atoms with Crippen LogP contribution in [0.2, 0.25) is 0 Å². The van der Waals surface area contributed by atoms with Crippen molar-refractivity contribution in [2.75, 3.05) is 4.90 Å². The third kappa shape index (κ3) is 3.37. The van der Waals surface area contributed by atoms with Gasteiger partial charge in [-0.15, -0.1) is 0 Å². The highest BCUT2D eigenvalue weighted by Crippen LogP contribution is 2.42. The monoisotopic (exact) mass is 411 g/mol. The number of aromatic nitrogens is 1. The van der Waals surface area contributed by atoms with Gasteiger partial charge >= 0.3 is 0 Å². The lowest BCUT2D eigenvalue weighted by Gasteiger charge is -2.26. The maximum Gasteiger partial charge on any atom is 0.174 e. The minimum atomic E-state index is -0.147. The summed E-state index contributed by atoms with van der Waals surface area (Å²) in [7, 11) is 0. The van der Waals surface area contributed by atoms with Gasteiger partial charge in [0.15, 0.2) is 5.11 Å². The molecule has 1 aliphatic heterocycles. The van der Waals surface area contributed by atoms with Gasteiger partial charge < -0.3 is 14.6 Å². The minimum absolute atomic E-state index is 0.117. The van der Waals surface area contributed by atoms with Crippen LogP contribution in [0, 0.1) is 6.92 Å². The van der Waals surface area contributed by atoms with E-state index in [0.717, 1.165) is 28.5 Å². The van der Waals surface area contributed by atoms with Crippen LogP contribution in [0.3, 0.4) is 0 Å². The number of anilines is 1. The van der Waals surface area contributed by atoms with E-state index in [4.69, 9.17) is 16.6 Å². The van der Waals surface area contributed by atoms with Crippen molar-refractivity contribution in [3.05, 3.63) is 108 Å². The molecule has 4 nitrogen and oxygen atoms in total. The predicted molar refractivity (Wildman–Crippen MR) is 123 cm³/mol. The number of hydrogen-bond donors (Lipinski definition) is 1. The second-order valence-corrected chi connectivity index (χ2v) is 7.79. The molecule has 1 saturated heterocycles. The first-order chi connectivity index (χ1) is 14.7. The molecular weight excluding hydrogens is 390 g/mol. The molecule has 1 N–H and O–H groups in total. The fraction of sp³-hybridized carbons (Fsp3) is 0.120. The van der Waals surface area contributed by atoms with Gasteiger partial charge in [0, 0.05) is 17.4 Å². The van der Waals surface area contributed by atoms with Crippen LogP contribution in [-0.4, -0.2) is 10.1 Å². The van der Waals surface area contributed by atoms with Crippen LogP contribution in [-0.2, 0) is 0 Å². The van der Waals surface area contributed by atoms with Crippen LogP contribution in [0.4, 0.5) is 5.69 Å². The van der Waals surface area contributed by atoms with Crippen molar-refractivity contribution in [3.8, 4) is 11.3 Å². The van der Waals surface area contributed by atoms with E-state index in [1.165, 1.54) is 5.56 Å². The summed E-state index contributed by atoms with van der Waals surface area (Å²) in [6.07, 6.45) is 1.81. The van der Waals surface area contributed by atoms with Crippen LogP contribution >= 0.6 is 12.2 Å². The first-order valence-corrected chi connectivity index (χ1v) is 10.3. The van der Waals surface area contributed by atoms with Crippen molar-refractivity contribution in [3.63, 3.8) is 0 Å². The number of nitrogens with zero attached hydrogens (tertiary/aromatic N) is 2. The molecule has 5 rings (SSSR count). The number of benzene rings is 2. The first kappa shape index (κ1) is 18.6. The molecule has 2 aromatic heterocycles. The molecule has 0 spiro atoms. The van der Waals surface area contributed by atoms with E-state index in [-0.39, 0.29) is 12.1 Å². The van der Waals surface area contributed by atoms with Crippen molar-refractivity contribution in [1.82, 2.24) is 10.3 Å². The number of thiocarbonyl (C=S) groups is 1. The van der Waals surface area contributed by atoms with Crippen LogP contribution in [0.1, 0.15) is 29.1 Å². The van der Waals surface area contributed by atoms with Crippen LogP contribution < -0.4 is 10.2 Å². The summed E-state index contributed by atoms with van der Waals surface area (Å²) in [4.78, 5) is 6.73. The number of furan rings is 1. The molecule has 30 heavy (non-hydrogen) atoms. The van der Waals surface area contributed by atoms with E-state index in [0.29, 0.717) is 5.11 Å². The Hall–Kier alpha value is -3.44. The topological polar surface area (TPSA) is 41.3 Å². The molecule has 2 aromatic carbocycles. The van der Waals surface area contributed by atoms with E-state index in [2.05, 4.69) is 58.5 Å². The Bertz CT molecular complexity index is 1170. The van der Waals surface area contributed by atoms with Gasteiger partial charge in [-0.05, 0) is 61.1 Å². The zero-order valence-corrected chi connectivity index (χ0v) is 17.3. The lowest BCUT2D eigenvalue weighted by atomic mass is 10.0. The van der Waals surface area contributed by atoms with Gasteiger partial charge in [0.2, 0.25) is 0 Å². The Balaban J connectivity index is 1.61. The predicted octanol–water partition coefficient (Wildman–Crippen LogP) is 5.83. The number of hydrogen-bond acceptors (Lipinski definition) is 3. The third-order valence-electron chi connectivity index (χ3n) is 5.35. The van der Waals surface area contributed by atoms with Gasteiger partial charge in [-0.25, -0.2) is 0 Å². The number of pyridine rings is 1. The highest BCUT2D eigenvalue weighted by atomic mass is 32.1. The second kappa shape index (κ2) is 7.76. The molecule has 0 unspecified atom stereocenters. The summed E-state index contributed by atoms with van der Waals surface area (Å²) in [5.74, 6) is 1.69. The largest absolute Gasteiger partial charge is 0.459 e. The molecule has 0 aliphatic carbocycles. The molecule has 3 heterocycles. The van der Waals surface area contributed by atoms with Gasteiger partial charge in [-0.2, -0.15) is 0 Å². The Morgan fingerprint density at radius 2 is 1.77 bits per heavy atom. The molecule has 0 amide bonds. The van der Waals surface area contributed by atoms with Crippen molar-refractivity contribution < 1.29 is 4.42 Å². The van der Waals surface area contributed by atoms with Crippen LogP contribution in [0.25, 0.3) is 11.3 Å². The summed E-state index contributed by atoms with van der Waals surface area (Å²) < 4.78 is 6.37. The van der Waals surface area contributed by atoms with E-state index in [1.807, 2.05) is 54.7 Å². The SMILES string of the molecule is Cc1cccc(N2C(=S)N[C@H](c3ccccn3)[C@H]2c2ccc(-c3ccccc3)o2)c1. The standard InChI is InChI=1S/C25H21N3OS/c1-17-8-7-11-19(16-17)28-24(23(27-25(28)30)20-12-5-6-15-26-20)22-14-13-21(29-22)18-9-3-2-4-10-18/h2-16,23-24H,1H3,(H,27,30)/t23-,24-/m1/s1. The Kier molecular flexibility index (Phi) is 4.81. The summed E-state index contributed by atoms with van der Waals surface area (Å²) in [5, 5.41) is 4.14. The van der Waals surface area contributed by atoms with Crippen molar-refractivity contribution in [1.29, 1.82) is 0 Å². The third-order valence-corrected chi connectivity index (χ3v) is 5.67. The van der Waals surface area contributed by atoms with Gasteiger partial charge in [-0.1, -0.05) is 48.5 Å². The normalized spacial score (nSPS) is 18.4. The Labute approximate surface area is 181 Å². The molecule has 0 radical (unpaired) electrons. The van der Waals surface area contributed by atoms with Crippen LogP contribution in [0.5, 0.6) is 0 Å². The second-order valence-electron chi connectivity index (χ2n) is 7.40. The summed E-state index contributed by atoms with van der Waals surface area (Å²) >= 11 is 5.77. The lowest BCUT2D eigenvalue weighted by Crippen LogP contribution is -2.29. The number of rotatable bonds is 4.